The fraction of sp³-hybridized carbons (Fsp3) is 0.273. The van der Waals surface area contributed by atoms with Crippen LogP contribution in [0.2, 0.25) is 0 Å². The molecule has 27 heavy (non-hydrogen) atoms. The molecular formula is C22H23N3O2. The number of amides is 1. The largest absolute Gasteiger partial charge is 0.441 e. The van der Waals surface area contributed by atoms with Crippen LogP contribution in [0.4, 0.5) is 11.4 Å². The highest BCUT2D eigenvalue weighted by molar-refractivity contribution is 6.03. The van der Waals surface area contributed by atoms with Gasteiger partial charge in [-0.2, -0.15) is 0 Å². The first kappa shape index (κ1) is 17.3. The van der Waals surface area contributed by atoms with Gasteiger partial charge in [-0.05, 0) is 55.7 Å². The van der Waals surface area contributed by atoms with Crippen LogP contribution in [-0.4, -0.2) is 24.0 Å². The molecule has 5 heteroatoms. The third-order valence-corrected chi connectivity index (χ3v) is 4.95. The molecule has 1 N–H and O–H groups in total. The maximum atomic E-state index is 12.6. The first-order valence-electron chi connectivity index (χ1n) is 9.29. The summed E-state index contributed by atoms with van der Waals surface area (Å²) in [4.78, 5) is 19.4. The summed E-state index contributed by atoms with van der Waals surface area (Å²) in [6.07, 6.45) is 1.23. The summed E-state index contributed by atoms with van der Waals surface area (Å²) in [7, 11) is 0. The van der Waals surface area contributed by atoms with Crippen molar-refractivity contribution in [2.75, 3.05) is 23.3 Å². The zero-order valence-electron chi connectivity index (χ0n) is 15.6. The molecule has 1 saturated heterocycles. The van der Waals surface area contributed by atoms with Gasteiger partial charge in [-0.3, -0.25) is 4.79 Å². The Hall–Kier alpha value is -3.08. The number of carbonyl (C=O) groups is 1. The Morgan fingerprint density at radius 1 is 1.15 bits per heavy atom. The molecule has 2 heterocycles. The van der Waals surface area contributed by atoms with Crippen molar-refractivity contribution in [3.8, 4) is 11.5 Å². The minimum atomic E-state index is -0.263. The van der Waals surface area contributed by atoms with E-state index in [-0.39, 0.29) is 5.91 Å². The van der Waals surface area contributed by atoms with Crippen LogP contribution >= 0.6 is 0 Å². The van der Waals surface area contributed by atoms with E-state index in [0.29, 0.717) is 17.3 Å². The molecular weight excluding hydrogens is 338 g/mol. The number of carbonyl (C=O) groups excluding carboxylic acids is 1. The predicted molar refractivity (Wildman–Crippen MR) is 107 cm³/mol. The van der Waals surface area contributed by atoms with E-state index >= 15 is 0 Å². The van der Waals surface area contributed by atoms with Crippen molar-refractivity contribution in [1.29, 1.82) is 0 Å². The summed E-state index contributed by atoms with van der Waals surface area (Å²) in [5.41, 5.74) is 3.11. The van der Waals surface area contributed by atoms with Gasteiger partial charge in [-0.25, -0.2) is 4.98 Å². The number of nitrogens with one attached hydrogen (secondary N) is 1. The molecule has 1 amide bonds. The van der Waals surface area contributed by atoms with Crippen LogP contribution in [0.15, 0.2) is 59.0 Å². The lowest BCUT2D eigenvalue weighted by Gasteiger charge is -2.18. The lowest BCUT2D eigenvalue weighted by molar-refractivity contribution is 0.102. The second-order valence-electron chi connectivity index (χ2n) is 7.13. The molecule has 1 unspecified atom stereocenters. The molecule has 0 bridgehead atoms. The van der Waals surface area contributed by atoms with Gasteiger partial charge in [0.05, 0.1) is 0 Å². The van der Waals surface area contributed by atoms with E-state index in [1.807, 2.05) is 42.5 Å². The highest BCUT2D eigenvalue weighted by atomic mass is 16.4. The molecule has 0 spiro atoms. The summed E-state index contributed by atoms with van der Waals surface area (Å²) in [5, 5.41) is 2.91. The van der Waals surface area contributed by atoms with Gasteiger partial charge in [0.25, 0.3) is 5.91 Å². The molecule has 0 radical (unpaired) electrons. The summed E-state index contributed by atoms with van der Waals surface area (Å²) >= 11 is 0. The maximum absolute atomic E-state index is 12.6. The topological polar surface area (TPSA) is 58.4 Å². The van der Waals surface area contributed by atoms with Gasteiger partial charge in [0, 0.05) is 30.0 Å². The standard InChI is InChI=1S/C22H23N3O2/c1-15-12-13-25(14-15)19-10-8-18(9-11-19)23-21(26)20-16(2)27-22(24-20)17-6-4-3-5-7-17/h3-11,15H,12-14H2,1-2H3,(H,23,26). The number of hydrogen-bond donors (Lipinski definition) is 1. The summed E-state index contributed by atoms with van der Waals surface area (Å²) < 4.78 is 5.68. The van der Waals surface area contributed by atoms with Gasteiger partial charge in [0.2, 0.25) is 5.89 Å². The van der Waals surface area contributed by atoms with Crippen LogP contribution in [0, 0.1) is 12.8 Å². The quantitative estimate of drug-likeness (QED) is 0.729. The molecule has 138 valence electrons. The SMILES string of the molecule is Cc1oc(-c2ccccc2)nc1C(=O)Nc1ccc(N2CCC(C)C2)cc1. The molecule has 2 aromatic carbocycles. The van der Waals surface area contributed by atoms with E-state index in [9.17, 15) is 4.79 Å². The van der Waals surface area contributed by atoms with E-state index < -0.39 is 0 Å². The smallest absolute Gasteiger partial charge is 0.277 e. The van der Waals surface area contributed by atoms with Gasteiger partial charge < -0.3 is 14.6 Å². The van der Waals surface area contributed by atoms with Crippen molar-refractivity contribution >= 4 is 17.3 Å². The van der Waals surface area contributed by atoms with Gasteiger partial charge in [-0.15, -0.1) is 0 Å². The third kappa shape index (κ3) is 3.72. The fourth-order valence-electron chi connectivity index (χ4n) is 3.43. The van der Waals surface area contributed by atoms with Gasteiger partial charge in [0.15, 0.2) is 5.69 Å². The van der Waals surface area contributed by atoms with Crippen molar-refractivity contribution in [1.82, 2.24) is 4.98 Å². The van der Waals surface area contributed by atoms with Gasteiger partial charge in [-0.1, -0.05) is 25.1 Å². The van der Waals surface area contributed by atoms with Crippen molar-refractivity contribution in [2.24, 2.45) is 5.92 Å². The molecule has 5 nitrogen and oxygen atoms in total. The van der Waals surface area contributed by atoms with E-state index in [4.69, 9.17) is 4.42 Å². The van der Waals surface area contributed by atoms with Crippen LogP contribution in [0.1, 0.15) is 29.6 Å². The van der Waals surface area contributed by atoms with Crippen LogP contribution in [0.3, 0.4) is 0 Å². The summed E-state index contributed by atoms with van der Waals surface area (Å²) in [6, 6.07) is 17.6. The fourth-order valence-corrected chi connectivity index (χ4v) is 3.43. The number of benzene rings is 2. The predicted octanol–water partition coefficient (Wildman–Crippen LogP) is 4.75. The zero-order valence-corrected chi connectivity index (χ0v) is 15.6. The van der Waals surface area contributed by atoms with Gasteiger partial charge >= 0.3 is 0 Å². The molecule has 1 fully saturated rings. The molecule has 0 aliphatic carbocycles. The van der Waals surface area contributed by atoms with E-state index in [0.717, 1.165) is 30.3 Å². The average Bonchev–Trinajstić information content (AvgIpc) is 3.29. The highest BCUT2D eigenvalue weighted by Gasteiger charge is 2.20. The molecule has 1 aromatic heterocycles. The Balaban J connectivity index is 1.47. The lowest BCUT2D eigenvalue weighted by Crippen LogP contribution is -2.19. The number of nitrogens with zero attached hydrogens (tertiary/aromatic N) is 2. The normalized spacial score (nSPS) is 16.5. The zero-order chi connectivity index (χ0) is 18.8. The molecule has 1 atom stereocenters. The van der Waals surface area contributed by atoms with Crippen LogP contribution in [0.25, 0.3) is 11.5 Å². The second kappa shape index (κ2) is 7.27. The van der Waals surface area contributed by atoms with Crippen molar-refractivity contribution in [3.05, 3.63) is 66.1 Å². The van der Waals surface area contributed by atoms with Gasteiger partial charge in [0.1, 0.15) is 5.76 Å². The first-order chi connectivity index (χ1) is 13.1. The van der Waals surface area contributed by atoms with Crippen LogP contribution < -0.4 is 10.2 Å². The van der Waals surface area contributed by atoms with Crippen LogP contribution in [0.5, 0.6) is 0 Å². The molecule has 3 aromatic rings. The molecule has 1 aliphatic heterocycles. The van der Waals surface area contributed by atoms with Crippen LogP contribution in [-0.2, 0) is 0 Å². The molecule has 0 saturated carbocycles. The second-order valence-corrected chi connectivity index (χ2v) is 7.13. The third-order valence-electron chi connectivity index (χ3n) is 4.95. The number of oxazole rings is 1. The summed E-state index contributed by atoms with van der Waals surface area (Å²) in [5.74, 6) is 1.44. The Kier molecular flexibility index (Phi) is 4.67. The monoisotopic (exact) mass is 361 g/mol. The van der Waals surface area contributed by atoms with Crippen molar-refractivity contribution < 1.29 is 9.21 Å². The van der Waals surface area contributed by atoms with E-state index in [1.165, 1.54) is 12.1 Å². The Labute approximate surface area is 159 Å². The Morgan fingerprint density at radius 2 is 1.89 bits per heavy atom. The minimum absolute atomic E-state index is 0.263. The lowest BCUT2D eigenvalue weighted by atomic mass is 10.2. The summed E-state index contributed by atoms with van der Waals surface area (Å²) in [6.45, 7) is 6.21. The first-order valence-corrected chi connectivity index (χ1v) is 9.29. The average molecular weight is 361 g/mol. The van der Waals surface area contributed by atoms with Crippen molar-refractivity contribution in [2.45, 2.75) is 20.3 Å². The van der Waals surface area contributed by atoms with E-state index in [1.54, 1.807) is 6.92 Å². The molecule has 1 aliphatic rings. The maximum Gasteiger partial charge on any atom is 0.277 e. The Morgan fingerprint density at radius 3 is 2.56 bits per heavy atom. The minimum Gasteiger partial charge on any atom is -0.441 e. The Bertz CT molecular complexity index is 932. The number of hydrogen-bond acceptors (Lipinski definition) is 4. The number of rotatable bonds is 4. The van der Waals surface area contributed by atoms with E-state index in [2.05, 4.69) is 34.3 Å². The number of anilines is 2. The van der Waals surface area contributed by atoms with Crippen molar-refractivity contribution in [3.63, 3.8) is 0 Å². The highest BCUT2D eigenvalue weighted by Crippen LogP contribution is 2.26. The number of aryl methyl sites for hydroxylation is 1. The number of aromatic nitrogens is 1. The molecule has 4 rings (SSSR count).